The lowest BCUT2D eigenvalue weighted by Gasteiger charge is -2.33. The normalized spacial score (nSPS) is 23.3. The molecule has 0 unspecified atom stereocenters. The predicted molar refractivity (Wildman–Crippen MR) is 85.5 cm³/mol. The molecular formula is C16H28N4O2. The van der Waals surface area contributed by atoms with Crippen molar-refractivity contribution in [3.63, 3.8) is 0 Å². The van der Waals surface area contributed by atoms with Crippen LogP contribution in [0.3, 0.4) is 0 Å². The Morgan fingerprint density at radius 3 is 2.91 bits per heavy atom. The number of aryl methyl sites for hydroxylation is 1. The van der Waals surface area contributed by atoms with Crippen LogP contribution in [0.2, 0.25) is 0 Å². The van der Waals surface area contributed by atoms with Gasteiger partial charge in [-0.05, 0) is 32.1 Å². The molecule has 124 valence electrons. The third-order valence-corrected chi connectivity index (χ3v) is 4.03. The first-order chi connectivity index (χ1) is 10.5. The molecule has 1 aliphatic rings. The van der Waals surface area contributed by atoms with Gasteiger partial charge in [0.2, 0.25) is 0 Å². The van der Waals surface area contributed by atoms with E-state index in [0.29, 0.717) is 5.92 Å². The fraction of sp³-hybridized carbons (Fsp3) is 0.750. The number of nitrogens with one attached hydrogen (secondary N) is 2. The van der Waals surface area contributed by atoms with Crippen molar-refractivity contribution in [2.45, 2.75) is 58.2 Å². The second-order valence-electron chi connectivity index (χ2n) is 6.57. The van der Waals surface area contributed by atoms with E-state index in [1.807, 2.05) is 20.2 Å². The summed E-state index contributed by atoms with van der Waals surface area (Å²) in [6.07, 6.45) is 6.76. The summed E-state index contributed by atoms with van der Waals surface area (Å²) in [5.74, 6) is 0.560. The largest absolute Gasteiger partial charge is 0.376 e. The van der Waals surface area contributed by atoms with E-state index in [1.54, 1.807) is 10.9 Å². The fourth-order valence-corrected chi connectivity index (χ4v) is 2.86. The summed E-state index contributed by atoms with van der Waals surface area (Å²) in [6, 6.07) is -0.111. The number of hydrogen-bond acceptors (Lipinski definition) is 3. The molecule has 0 saturated carbocycles. The summed E-state index contributed by atoms with van der Waals surface area (Å²) in [6.45, 7) is 7.11. The molecule has 1 aliphatic heterocycles. The van der Waals surface area contributed by atoms with Crippen LogP contribution in [0.25, 0.3) is 0 Å². The quantitative estimate of drug-likeness (QED) is 0.877. The maximum absolute atomic E-state index is 12.2. The molecule has 3 atom stereocenters. The molecule has 2 rings (SSSR count). The first-order valence-electron chi connectivity index (χ1n) is 8.13. The predicted octanol–water partition coefficient (Wildman–Crippen LogP) is 2.37. The summed E-state index contributed by atoms with van der Waals surface area (Å²) in [7, 11) is 1.87. The minimum Gasteiger partial charge on any atom is -0.376 e. The summed E-state index contributed by atoms with van der Waals surface area (Å²) >= 11 is 0. The Bertz CT molecular complexity index is 486. The van der Waals surface area contributed by atoms with Crippen LogP contribution in [0.5, 0.6) is 0 Å². The molecule has 6 nitrogen and oxygen atoms in total. The van der Waals surface area contributed by atoms with Crippen LogP contribution in [-0.2, 0) is 11.8 Å². The van der Waals surface area contributed by atoms with Gasteiger partial charge in [0.25, 0.3) is 0 Å². The first kappa shape index (κ1) is 16.8. The van der Waals surface area contributed by atoms with Gasteiger partial charge in [-0.15, -0.1) is 0 Å². The van der Waals surface area contributed by atoms with E-state index in [9.17, 15) is 4.79 Å². The van der Waals surface area contributed by atoms with Crippen LogP contribution in [0.1, 0.15) is 51.6 Å². The van der Waals surface area contributed by atoms with Gasteiger partial charge >= 0.3 is 6.03 Å². The van der Waals surface area contributed by atoms with E-state index in [-0.39, 0.29) is 24.2 Å². The second kappa shape index (κ2) is 7.63. The molecule has 0 aliphatic carbocycles. The van der Waals surface area contributed by atoms with Crippen LogP contribution in [-0.4, -0.2) is 34.6 Å². The third kappa shape index (κ3) is 4.73. The summed E-state index contributed by atoms with van der Waals surface area (Å²) in [4.78, 5) is 12.2. The van der Waals surface area contributed by atoms with Gasteiger partial charge in [-0.2, -0.15) is 5.10 Å². The Hall–Kier alpha value is -1.56. The lowest BCUT2D eigenvalue weighted by Crippen LogP contribution is -2.51. The van der Waals surface area contributed by atoms with Crippen LogP contribution in [0.15, 0.2) is 12.4 Å². The number of carbonyl (C=O) groups excluding carboxylic acids is 1. The highest BCUT2D eigenvalue weighted by molar-refractivity contribution is 5.74. The van der Waals surface area contributed by atoms with Gasteiger partial charge in [0.05, 0.1) is 24.4 Å². The molecule has 0 bridgehead atoms. The van der Waals surface area contributed by atoms with Crippen molar-refractivity contribution in [2.75, 3.05) is 6.61 Å². The Kier molecular flexibility index (Phi) is 5.83. The SMILES string of the molecule is CC(C)C[C@@H]1OCCC[C@@H]1NC(=O)N[C@@H](C)c1cnn(C)c1. The van der Waals surface area contributed by atoms with Gasteiger partial charge in [0, 0.05) is 25.4 Å². The van der Waals surface area contributed by atoms with Crippen LogP contribution in [0.4, 0.5) is 4.79 Å². The Labute approximate surface area is 132 Å². The van der Waals surface area contributed by atoms with Gasteiger partial charge in [-0.1, -0.05) is 13.8 Å². The Morgan fingerprint density at radius 1 is 1.50 bits per heavy atom. The number of ether oxygens (including phenoxy) is 1. The lowest BCUT2D eigenvalue weighted by atomic mass is 9.95. The molecule has 1 aromatic heterocycles. The monoisotopic (exact) mass is 308 g/mol. The zero-order chi connectivity index (χ0) is 16.1. The Balaban J connectivity index is 1.86. The molecule has 22 heavy (non-hydrogen) atoms. The smallest absolute Gasteiger partial charge is 0.315 e. The van der Waals surface area contributed by atoms with Crippen molar-refractivity contribution in [1.82, 2.24) is 20.4 Å². The summed E-state index contributed by atoms with van der Waals surface area (Å²) in [5.41, 5.74) is 0.997. The first-order valence-corrected chi connectivity index (χ1v) is 8.13. The minimum atomic E-state index is -0.138. The van der Waals surface area contributed by atoms with E-state index < -0.39 is 0 Å². The maximum atomic E-state index is 12.2. The molecule has 2 amide bonds. The third-order valence-electron chi connectivity index (χ3n) is 4.03. The van der Waals surface area contributed by atoms with Crippen molar-refractivity contribution in [3.05, 3.63) is 18.0 Å². The maximum Gasteiger partial charge on any atom is 0.315 e. The van der Waals surface area contributed by atoms with Gasteiger partial charge in [-0.25, -0.2) is 4.79 Å². The van der Waals surface area contributed by atoms with E-state index in [0.717, 1.165) is 31.4 Å². The molecule has 1 saturated heterocycles. The molecule has 1 aromatic rings. The van der Waals surface area contributed by atoms with Crippen LogP contribution < -0.4 is 10.6 Å². The number of hydrogen-bond donors (Lipinski definition) is 2. The second-order valence-corrected chi connectivity index (χ2v) is 6.57. The van der Waals surface area contributed by atoms with Crippen molar-refractivity contribution in [2.24, 2.45) is 13.0 Å². The number of amides is 2. The molecule has 2 heterocycles. The van der Waals surface area contributed by atoms with E-state index >= 15 is 0 Å². The average Bonchev–Trinajstić information content (AvgIpc) is 2.87. The molecular weight excluding hydrogens is 280 g/mol. The van der Waals surface area contributed by atoms with Crippen molar-refractivity contribution in [3.8, 4) is 0 Å². The van der Waals surface area contributed by atoms with Crippen molar-refractivity contribution in [1.29, 1.82) is 0 Å². The highest BCUT2D eigenvalue weighted by Crippen LogP contribution is 2.20. The fourth-order valence-electron chi connectivity index (χ4n) is 2.86. The number of urea groups is 1. The summed E-state index contributed by atoms with van der Waals surface area (Å²) in [5, 5.41) is 10.2. The van der Waals surface area contributed by atoms with Crippen molar-refractivity contribution < 1.29 is 9.53 Å². The number of rotatable bonds is 5. The molecule has 1 fully saturated rings. The minimum absolute atomic E-state index is 0.0678. The topological polar surface area (TPSA) is 68.2 Å². The zero-order valence-corrected chi connectivity index (χ0v) is 14.0. The summed E-state index contributed by atoms with van der Waals surface area (Å²) < 4.78 is 7.57. The van der Waals surface area contributed by atoms with Crippen LogP contribution >= 0.6 is 0 Å². The van der Waals surface area contributed by atoms with E-state index in [2.05, 4.69) is 29.6 Å². The highest BCUT2D eigenvalue weighted by atomic mass is 16.5. The number of nitrogens with zero attached hydrogens (tertiary/aromatic N) is 2. The lowest BCUT2D eigenvalue weighted by molar-refractivity contribution is -0.0170. The van der Waals surface area contributed by atoms with E-state index in [4.69, 9.17) is 4.74 Å². The van der Waals surface area contributed by atoms with Crippen LogP contribution in [0, 0.1) is 5.92 Å². The standard InChI is InChI=1S/C16H28N4O2/c1-11(2)8-15-14(6-5-7-22-15)19-16(21)18-12(3)13-9-17-20(4)10-13/h9-12,14-15H,5-8H2,1-4H3,(H2,18,19,21)/t12-,14-,15-/m0/s1. The van der Waals surface area contributed by atoms with Gasteiger partial charge in [-0.3, -0.25) is 4.68 Å². The van der Waals surface area contributed by atoms with Gasteiger partial charge in [0.15, 0.2) is 0 Å². The Morgan fingerprint density at radius 2 is 2.27 bits per heavy atom. The molecule has 6 heteroatoms. The van der Waals surface area contributed by atoms with Gasteiger partial charge in [0.1, 0.15) is 0 Å². The molecule has 0 spiro atoms. The number of aromatic nitrogens is 2. The van der Waals surface area contributed by atoms with Crippen molar-refractivity contribution >= 4 is 6.03 Å². The molecule has 0 radical (unpaired) electrons. The zero-order valence-electron chi connectivity index (χ0n) is 14.0. The van der Waals surface area contributed by atoms with Gasteiger partial charge < -0.3 is 15.4 Å². The average molecular weight is 308 g/mol. The van der Waals surface area contributed by atoms with E-state index in [1.165, 1.54) is 0 Å². The number of carbonyl (C=O) groups is 1. The molecule has 0 aromatic carbocycles. The highest BCUT2D eigenvalue weighted by Gasteiger charge is 2.28. The molecule has 2 N–H and O–H groups in total.